The lowest BCUT2D eigenvalue weighted by Gasteiger charge is -2.08. The predicted octanol–water partition coefficient (Wildman–Crippen LogP) is 3.42. The number of thiophene rings is 1. The van der Waals surface area contributed by atoms with Gasteiger partial charge < -0.3 is 24.9 Å². The van der Waals surface area contributed by atoms with Gasteiger partial charge in [0.2, 0.25) is 5.75 Å². The van der Waals surface area contributed by atoms with Crippen molar-refractivity contribution in [3.63, 3.8) is 0 Å². The number of esters is 1. The van der Waals surface area contributed by atoms with Gasteiger partial charge in [0.1, 0.15) is 10.7 Å². The number of amides is 1. The maximum atomic E-state index is 12.3. The molecule has 150 valence electrons. The second kappa shape index (κ2) is 9.27. The molecule has 1 amide bonds. The van der Waals surface area contributed by atoms with Crippen LogP contribution in [0.1, 0.15) is 40.3 Å². The highest BCUT2D eigenvalue weighted by Crippen LogP contribution is 2.34. The van der Waals surface area contributed by atoms with Crippen LogP contribution in [0.5, 0.6) is 5.75 Å². The summed E-state index contributed by atoms with van der Waals surface area (Å²) in [4.78, 5) is 39.7. The Balaban J connectivity index is 2.16. The molecule has 2 aromatic rings. The Hall–Kier alpha value is -3.01. The Labute approximate surface area is 165 Å². The van der Waals surface area contributed by atoms with E-state index in [-0.39, 0.29) is 12.4 Å². The highest BCUT2D eigenvalue weighted by atomic mass is 32.1. The van der Waals surface area contributed by atoms with Crippen LogP contribution < -0.4 is 10.1 Å². The predicted molar refractivity (Wildman–Crippen MR) is 104 cm³/mol. The molecule has 0 bridgehead atoms. The van der Waals surface area contributed by atoms with Gasteiger partial charge in [-0.2, -0.15) is 0 Å². The Kier molecular flexibility index (Phi) is 7.05. The van der Waals surface area contributed by atoms with Crippen molar-refractivity contribution in [1.29, 1.82) is 0 Å². The van der Waals surface area contributed by atoms with E-state index < -0.39 is 29.2 Å². The van der Waals surface area contributed by atoms with Gasteiger partial charge in [0.05, 0.1) is 12.2 Å². The second-order valence-electron chi connectivity index (χ2n) is 5.80. The quantitative estimate of drug-likeness (QED) is 0.404. The molecule has 1 N–H and O–H groups in total. The summed E-state index contributed by atoms with van der Waals surface area (Å²) in [6, 6.07) is 2.94. The number of aryl methyl sites for hydroxylation is 2. The molecule has 2 aromatic heterocycles. The number of ether oxygens (including phenoxy) is 2. The molecule has 2 rings (SSSR count). The van der Waals surface area contributed by atoms with Gasteiger partial charge in [0.25, 0.3) is 5.91 Å². The zero-order valence-electron chi connectivity index (χ0n) is 16.0. The van der Waals surface area contributed by atoms with E-state index in [2.05, 4.69) is 10.3 Å². The minimum Gasteiger partial charge on any atom is -0.476 e. The van der Waals surface area contributed by atoms with Crippen LogP contribution in [0.4, 0.5) is 10.8 Å². The fourth-order valence-electron chi connectivity index (χ4n) is 2.51. The van der Waals surface area contributed by atoms with Crippen LogP contribution in [0.15, 0.2) is 12.1 Å². The van der Waals surface area contributed by atoms with E-state index in [1.807, 2.05) is 6.92 Å². The molecule has 0 fully saturated rings. The van der Waals surface area contributed by atoms with Crippen molar-refractivity contribution in [1.82, 2.24) is 4.98 Å². The lowest BCUT2D eigenvalue weighted by Crippen LogP contribution is -2.21. The smallest absolute Gasteiger partial charge is 0.406 e. The normalized spacial score (nSPS) is 10.4. The Morgan fingerprint density at radius 1 is 1.29 bits per heavy atom. The molecule has 0 atom stereocenters. The van der Waals surface area contributed by atoms with Gasteiger partial charge in [-0.25, -0.2) is 4.79 Å². The molecule has 0 saturated carbocycles. The van der Waals surface area contributed by atoms with Crippen LogP contribution in [0.25, 0.3) is 0 Å². The molecule has 0 aromatic carbocycles. The molecule has 0 spiro atoms. The fourth-order valence-corrected chi connectivity index (χ4v) is 3.66. The largest absolute Gasteiger partial charge is 0.476 e. The summed E-state index contributed by atoms with van der Waals surface area (Å²) < 4.78 is 10.3. The van der Waals surface area contributed by atoms with Crippen molar-refractivity contribution in [3.8, 4) is 5.75 Å². The SMILES string of the molecule is CCOC(=O)c1c(NC(=O)COc2ccc(C)nc2[N+](=O)[O-])sc(CC)c1C. The van der Waals surface area contributed by atoms with Gasteiger partial charge in [-0.1, -0.05) is 6.92 Å². The molecule has 0 aliphatic rings. The van der Waals surface area contributed by atoms with Crippen LogP contribution in [0.2, 0.25) is 0 Å². The maximum Gasteiger partial charge on any atom is 0.406 e. The zero-order valence-corrected chi connectivity index (χ0v) is 16.8. The van der Waals surface area contributed by atoms with E-state index in [1.54, 1.807) is 26.8 Å². The number of nitro groups is 1. The average Bonchev–Trinajstić information content (AvgIpc) is 2.95. The highest BCUT2D eigenvalue weighted by molar-refractivity contribution is 7.17. The van der Waals surface area contributed by atoms with Crippen molar-refractivity contribution < 1.29 is 24.0 Å². The van der Waals surface area contributed by atoms with E-state index in [0.29, 0.717) is 22.7 Å². The number of hydrogen-bond donors (Lipinski definition) is 1. The number of carbonyl (C=O) groups excluding carboxylic acids is 2. The third kappa shape index (κ3) is 4.83. The summed E-state index contributed by atoms with van der Waals surface area (Å²) in [5.74, 6) is -1.62. The first-order chi connectivity index (χ1) is 13.3. The Morgan fingerprint density at radius 2 is 2.00 bits per heavy atom. The third-order valence-electron chi connectivity index (χ3n) is 3.81. The first kappa shape index (κ1) is 21.3. The average molecular weight is 407 g/mol. The summed E-state index contributed by atoms with van der Waals surface area (Å²) in [5.41, 5.74) is 1.55. The molecule has 2 heterocycles. The van der Waals surface area contributed by atoms with Gasteiger partial charge in [-0.15, -0.1) is 11.3 Å². The minimum atomic E-state index is -0.671. The van der Waals surface area contributed by atoms with Crippen molar-refractivity contribution in [3.05, 3.63) is 43.9 Å². The summed E-state index contributed by atoms with van der Waals surface area (Å²) in [6.45, 7) is 6.82. The van der Waals surface area contributed by atoms with E-state index >= 15 is 0 Å². The standard InChI is InChI=1S/C18H21N3O6S/c1-5-13-11(4)15(18(23)26-6-2)17(28-13)20-14(22)9-27-12-8-7-10(3)19-16(12)21(24)25/h7-8H,5-6,9H2,1-4H3,(H,20,22). The van der Waals surface area contributed by atoms with E-state index in [0.717, 1.165) is 10.4 Å². The van der Waals surface area contributed by atoms with E-state index in [4.69, 9.17) is 9.47 Å². The molecule has 0 unspecified atom stereocenters. The summed E-state index contributed by atoms with van der Waals surface area (Å²) in [5, 5.41) is 14.1. The first-order valence-corrected chi connectivity index (χ1v) is 9.44. The van der Waals surface area contributed by atoms with Crippen LogP contribution in [0.3, 0.4) is 0 Å². The molecule has 0 radical (unpaired) electrons. The van der Waals surface area contributed by atoms with E-state index in [1.165, 1.54) is 17.4 Å². The van der Waals surface area contributed by atoms with Gasteiger partial charge in [-0.3, -0.25) is 4.79 Å². The van der Waals surface area contributed by atoms with Crippen molar-refractivity contribution in [2.75, 3.05) is 18.5 Å². The van der Waals surface area contributed by atoms with Crippen molar-refractivity contribution >= 4 is 34.0 Å². The molecular formula is C18H21N3O6S. The van der Waals surface area contributed by atoms with Gasteiger partial charge in [-0.05, 0) is 47.9 Å². The molecule has 0 aliphatic heterocycles. The van der Waals surface area contributed by atoms with E-state index in [9.17, 15) is 19.7 Å². The van der Waals surface area contributed by atoms with Crippen LogP contribution in [0, 0.1) is 24.0 Å². The minimum absolute atomic E-state index is 0.104. The monoisotopic (exact) mass is 407 g/mol. The van der Waals surface area contributed by atoms with Gasteiger partial charge in [0, 0.05) is 11.8 Å². The Bertz CT molecular complexity index is 909. The molecule has 28 heavy (non-hydrogen) atoms. The topological polar surface area (TPSA) is 121 Å². The summed E-state index contributed by atoms with van der Waals surface area (Å²) in [7, 11) is 0. The number of carbonyl (C=O) groups is 2. The van der Waals surface area contributed by atoms with Gasteiger partial charge in [0.15, 0.2) is 6.61 Å². The van der Waals surface area contributed by atoms with Crippen LogP contribution in [-0.2, 0) is 16.0 Å². The number of hydrogen-bond acceptors (Lipinski definition) is 8. The fraction of sp³-hybridized carbons (Fsp3) is 0.389. The number of nitrogens with zero attached hydrogens (tertiary/aromatic N) is 2. The van der Waals surface area contributed by atoms with Crippen LogP contribution in [-0.4, -0.2) is 35.0 Å². The second-order valence-corrected chi connectivity index (χ2v) is 6.90. The lowest BCUT2D eigenvalue weighted by molar-refractivity contribution is -0.390. The van der Waals surface area contributed by atoms with Crippen molar-refractivity contribution in [2.45, 2.75) is 34.1 Å². The number of anilines is 1. The van der Waals surface area contributed by atoms with Crippen molar-refractivity contribution in [2.24, 2.45) is 0 Å². The molecule has 0 saturated heterocycles. The highest BCUT2D eigenvalue weighted by Gasteiger charge is 2.24. The zero-order chi connectivity index (χ0) is 20.8. The first-order valence-electron chi connectivity index (χ1n) is 8.62. The molecule has 10 heteroatoms. The number of nitrogens with one attached hydrogen (secondary N) is 1. The number of aromatic nitrogens is 1. The molecule has 9 nitrogen and oxygen atoms in total. The lowest BCUT2D eigenvalue weighted by atomic mass is 10.1. The molecular weight excluding hydrogens is 386 g/mol. The number of pyridine rings is 1. The maximum absolute atomic E-state index is 12.3. The third-order valence-corrected chi connectivity index (χ3v) is 5.16. The molecule has 0 aliphatic carbocycles. The summed E-state index contributed by atoms with van der Waals surface area (Å²) >= 11 is 1.29. The number of rotatable bonds is 8. The summed E-state index contributed by atoms with van der Waals surface area (Å²) in [6.07, 6.45) is 0.705. The van der Waals surface area contributed by atoms with Gasteiger partial charge >= 0.3 is 11.8 Å². The van der Waals surface area contributed by atoms with Crippen LogP contribution >= 0.6 is 11.3 Å². The Morgan fingerprint density at radius 3 is 2.61 bits per heavy atom.